The third-order valence-corrected chi connectivity index (χ3v) is 3.80. The Morgan fingerprint density at radius 2 is 1.84 bits per heavy atom. The van der Waals surface area contributed by atoms with Gasteiger partial charge in [0.1, 0.15) is 0 Å². The van der Waals surface area contributed by atoms with Crippen LogP contribution in [0, 0.1) is 6.92 Å². The summed E-state index contributed by atoms with van der Waals surface area (Å²) in [6, 6.07) is 6.38. The molecule has 19 heavy (non-hydrogen) atoms. The maximum atomic E-state index is 6.32. The molecule has 0 fully saturated rings. The summed E-state index contributed by atoms with van der Waals surface area (Å²) < 4.78 is 0. The predicted octanol–water partition coefficient (Wildman–Crippen LogP) is 3.53. The van der Waals surface area contributed by atoms with E-state index in [9.17, 15) is 0 Å². The molecule has 0 unspecified atom stereocenters. The van der Waals surface area contributed by atoms with E-state index in [0.29, 0.717) is 0 Å². The number of pyridine rings is 1. The number of aryl methyl sites for hydroxylation is 1. The molecule has 0 radical (unpaired) electrons. The molecule has 2 aromatic rings. The molecule has 2 N–H and O–H groups in total. The Labute approximate surface area is 115 Å². The van der Waals surface area contributed by atoms with E-state index in [-0.39, 0.29) is 0 Å². The van der Waals surface area contributed by atoms with Crippen LogP contribution in [-0.2, 0) is 6.42 Å². The van der Waals surface area contributed by atoms with E-state index >= 15 is 0 Å². The highest BCUT2D eigenvalue weighted by Gasteiger charge is 2.10. The van der Waals surface area contributed by atoms with Crippen molar-refractivity contribution in [3.63, 3.8) is 0 Å². The molecule has 0 aliphatic heterocycles. The summed E-state index contributed by atoms with van der Waals surface area (Å²) in [5.41, 5.74) is 11.6. The molecule has 0 amide bonds. The molecular formula is C16H23N3. The van der Waals surface area contributed by atoms with Crippen LogP contribution < -0.4 is 10.6 Å². The van der Waals surface area contributed by atoms with Gasteiger partial charge in [-0.1, -0.05) is 6.92 Å². The summed E-state index contributed by atoms with van der Waals surface area (Å²) in [7, 11) is 0. The van der Waals surface area contributed by atoms with Crippen molar-refractivity contribution in [3.8, 4) is 0 Å². The van der Waals surface area contributed by atoms with Gasteiger partial charge >= 0.3 is 0 Å². The molecule has 0 spiro atoms. The van der Waals surface area contributed by atoms with Crippen molar-refractivity contribution in [2.45, 2.75) is 34.1 Å². The number of hydrogen-bond acceptors (Lipinski definition) is 3. The standard InChI is InChI=1S/C16H23N3/c1-5-13-11(4)18-15-9-8-12(19(6-2)7-3)10-14(15)16(13)17/h8-10H,5-7H2,1-4H3,(H2,17,18). The first-order chi connectivity index (χ1) is 9.12. The zero-order chi connectivity index (χ0) is 14.0. The predicted molar refractivity (Wildman–Crippen MR) is 83.8 cm³/mol. The second-order valence-corrected chi connectivity index (χ2v) is 4.82. The van der Waals surface area contributed by atoms with E-state index in [4.69, 9.17) is 5.73 Å². The molecule has 0 aliphatic carbocycles. The number of rotatable bonds is 4. The van der Waals surface area contributed by atoms with Crippen LogP contribution in [0.2, 0.25) is 0 Å². The number of nitrogens with zero attached hydrogens (tertiary/aromatic N) is 2. The van der Waals surface area contributed by atoms with Crippen LogP contribution >= 0.6 is 0 Å². The molecule has 1 heterocycles. The lowest BCUT2D eigenvalue weighted by Crippen LogP contribution is -2.21. The number of benzene rings is 1. The Morgan fingerprint density at radius 1 is 1.16 bits per heavy atom. The second kappa shape index (κ2) is 5.47. The fourth-order valence-corrected chi connectivity index (χ4v) is 2.67. The molecule has 0 saturated carbocycles. The van der Waals surface area contributed by atoms with Crippen molar-refractivity contribution in [1.82, 2.24) is 4.98 Å². The quantitative estimate of drug-likeness (QED) is 0.911. The highest BCUT2D eigenvalue weighted by molar-refractivity contribution is 5.94. The number of nitrogen functional groups attached to an aromatic ring is 1. The Morgan fingerprint density at radius 3 is 2.42 bits per heavy atom. The van der Waals surface area contributed by atoms with E-state index in [1.807, 2.05) is 6.92 Å². The SMILES string of the molecule is CCc1c(C)nc2ccc(N(CC)CC)cc2c1N. The van der Waals surface area contributed by atoms with Crippen LogP contribution in [0.1, 0.15) is 32.0 Å². The van der Waals surface area contributed by atoms with Crippen LogP contribution in [0.15, 0.2) is 18.2 Å². The fraction of sp³-hybridized carbons (Fsp3) is 0.438. The highest BCUT2D eigenvalue weighted by Crippen LogP contribution is 2.29. The van der Waals surface area contributed by atoms with E-state index in [2.05, 4.69) is 48.9 Å². The molecule has 0 aliphatic rings. The van der Waals surface area contributed by atoms with E-state index in [0.717, 1.165) is 41.8 Å². The lowest BCUT2D eigenvalue weighted by molar-refractivity contribution is 0.867. The molecule has 0 saturated heterocycles. The van der Waals surface area contributed by atoms with Crippen LogP contribution in [0.4, 0.5) is 11.4 Å². The van der Waals surface area contributed by atoms with Gasteiger partial charge in [0.2, 0.25) is 0 Å². The van der Waals surface area contributed by atoms with Gasteiger partial charge in [0.05, 0.1) is 5.52 Å². The largest absolute Gasteiger partial charge is 0.398 e. The zero-order valence-electron chi connectivity index (χ0n) is 12.3. The third kappa shape index (κ3) is 2.37. The van der Waals surface area contributed by atoms with Crippen LogP contribution in [0.5, 0.6) is 0 Å². The van der Waals surface area contributed by atoms with Crippen LogP contribution in [0.25, 0.3) is 10.9 Å². The maximum absolute atomic E-state index is 6.32. The fourth-order valence-electron chi connectivity index (χ4n) is 2.67. The van der Waals surface area contributed by atoms with Crippen molar-refractivity contribution >= 4 is 22.3 Å². The summed E-state index contributed by atoms with van der Waals surface area (Å²) in [6.07, 6.45) is 0.927. The van der Waals surface area contributed by atoms with Crippen molar-refractivity contribution in [1.29, 1.82) is 0 Å². The Balaban J connectivity index is 2.64. The lowest BCUT2D eigenvalue weighted by Gasteiger charge is -2.22. The van der Waals surface area contributed by atoms with Gasteiger partial charge in [0, 0.05) is 35.5 Å². The molecule has 0 atom stereocenters. The minimum atomic E-state index is 0.888. The topological polar surface area (TPSA) is 42.2 Å². The average molecular weight is 257 g/mol. The average Bonchev–Trinajstić information content (AvgIpc) is 2.41. The molecule has 1 aromatic heterocycles. The molecule has 102 valence electrons. The number of fused-ring (bicyclic) bond motifs is 1. The molecule has 0 bridgehead atoms. The monoisotopic (exact) mass is 257 g/mol. The summed E-state index contributed by atoms with van der Waals surface area (Å²) in [6.45, 7) is 10.5. The summed E-state index contributed by atoms with van der Waals surface area (Å²) in [4.78, 5) is 6.98. The van der Waals surface area contributed by atoms with Crippen LogP contribution in [0.3, 0.4) is 0 Å². The summed E-state index contributed by atoms with van der Waals surface area (Å²) >= 11 is 0. The highest BCUT2D eigenvalue weighted by atomic mass is 15.1. The Kier molecular flexibility index (Phi) is 3.93. The Bertz CT molecular complexity index is 586. The van der Waals surface area contributed by atoms with Crippen molar-refractivity contribution in [2.75, 3.05) is 23.7 Å². The van der Waals surface area contributed by atoms with Gasteiger partial charge in [-0.05, 0) is 51.0 Å². The first-order valence-corrected chi connectivity index (χ1v) is 7.05. The molecule has 3 nitrogen and oxygen atoms in total. The van der Waals surface area contributed by atoms with Gasteiger partial charge in [-0.15, -0.1) is 0 Å². The van der Waals surface area contributed by atoms with E-state index < -0.39 is 0 Å². The van der Waals surface area contributed by atoms with Gasteiger partial charge in [0.25, 0.3) is 0 Å². The van der Waals surface area contributed by atoms with Gasteiger partial charge in [-0.2, -0.15) is 0 Å². The van der Waals surface area contributed by atoms with Gasteiger partial charge in [-0.25, -0.2) is 0 Å². The van der Waals surface area contributed by atoms with Crippen LogP contribution in [-0.4, -0.2) is 18.1 Å². The van der Waals surface area contributed by atoms with Gasteiger partial charge < -0.3 is 10.6 Å². The number of nitrogens with two attached hydrogens (primary N) is 1. The molecule has 2 rings (SSSR count). The normalized spacial score (nSPS) is 10.9. The minimum absolute atomic E-state index is 0.888. The number of aromatic nitrogens is 1. The van der Waals surface area contributed by atoms with Gasteiger partial charge in [0.15, 0.2) is 0 Å². The molecule has 1 aromatic carbocycles. The zero-order valence-corrected chi connectivity index (χ0v) is 12.3. The second-order valence-electron chi connectivity index (χ2n) is 4.82. The van der Waals surface area contributed by atoms with Gasteiger partial charge in [-0.3, -0.25) is 4.98 Å². The minimum Gasteiger partial charge on any atom is -0.398 e. The summed E-state index contributed by atoms with van der Waals surface area (Å²) in [5.74, 6) is 0. The number of anilines is 2. The summed E-state index contributed by atoms with van der Waals surface area (Å²) in [5, 5.41) is 1.08. The molecule has 3 heteroatoms. The van der Waals surface area contributed by atoms with E-state index in [1.165, 1.54) is 11.3 Å². The van der Waals surface area contributed by atoms with Crippen molar-refractivity contribution < 1.29 is 0 Å². The number of hydrogen-bond donors (Lipinski definition) is 1. The third-order valence-electron chi connectivity index (χ3n) is 3.80. The first-order valence-electron chi connectivity index (χ1n) is 7.05. The van der Waals surface area contributed by atoms with Crippen molar-refractivity contribution in [3.05, 3.63) is 29.5 Å². The van der Waals surface area contributed by atoms with Crippen molar-refractivity contribution in [2.24, 2.45) is 0 Å². The Hall–Kier alpha value is -1.77. The smallest absolute Gasteiger partial charge is 0.0727 e. The first kappa shape index (κ1) is 13.7. The maximum Gasteiger partial charge on any atom is 0.0727 e. The van der Waals surface area contributed by atoms with E-state index in [1.54, 1.807) is 0 Å². The molecular weight excluding hydrogens is 234 g/mol. The lowest BCUT2D eigenvalue weighted by atomic mass is 10.0.